The molecule has 110 valence electrons. The summed E-state index contributed by atoms with van der Waals surface area (Å²) in [4.78, 5) is 0. The predicted octanol–water partition coefficient (Wildman–Crippen LogP) is 4.52. The fourth-order valence-electron chi connectivity index (χ4n) is 2.32. The molecule has 2 nitrogen and oxygen atoms in total. The van der Waals surface area contributed by atoms with Crippen molar-refractivity contribution in [2.75, 3.05) is 6.61 Å². The van der Waals surface area contributed by atoms with Gasteiger partial charge in [-0.25, -0.2) is 0 Å². The van der Waals surface area contributed by atoms with E-state index in [9.17, 15) is 0 Å². The summed E-state index contributed by atoms with van der Waals surface area (Å²) in [5.41, 5.74) is 6.30. The zero-order valence-electron chi connectivity index (χ0n) is 13.3. The monoisotopic (exact) mass is 257 g/mol. The van der Waals surface area contributed by atoms with Gasteiger partial charge < -0.3 is 10.5 Å². The Balaban J connectivity index is 3.78. The van der Waals surface area contributed by atoms with Gasteiger partial charge in [-0.05, 0) is 18.3 Å². The van der Waals surface area contributed by atoms with Crippen molar-refractivity contribution in [2.45, 2.75) is 91.7 Å². The van der Waals surface area contributed by atoms with Crippen LogP contribution in [0.4, 0.5) is 0 Å². The van der Waals surface area contributed by atoms with E-state index in [0.717, 1.165) is 13.0 Å². The quantitative estimate of drug-likeness (QED) is 0.584. The van der Waals surface area contributed by atoms with Gasteiger partial charge in [0.05, 0.1) is 6.10 Å². The second-order valence-corrected chi connectivity index (χ2v) is 6.50. The highest BCUT2D eigenvalue weighted by Gasteiger charge is 2.29. The van der Waals surface area contributed by atoms with Crippen LogP contribution in [0.5, 0.6) is 0 Å². The van der Waals surface area contributed by atoms with E-state index in [-0.39, 0.29) is 17.6 Å². The van der Waals surface area contributed by atoms with Crippen LogP contribution in [0.15, 0.2) is 0 Å². The van der Waals surface area contributed by atoms with E-state index in [2.05, 4.69) is 34.6 Å². The Morgan fingerprint density at radius 1 is 0.944 bits per heavy atom. The molecule has 0 aromatic heterocycles. The lowest BCUT2D eigenvalue weighted by atomic mass is 9.84. The molecule has 0 aliphatic carbocycles. The van der Waals surface area contributed by atoms with Gasteiger partial charge in [0, 0.05) is 12.6 Å². The van der Waals surface area contributed by atoms with Gasteiger partial charge in [-0.15, -0.1) is 0 Å². The SMILES string of the molecule is CCCCCCCCOC(C(N)CC)C(C)(C)C. The van der Waals surface area contributed by atoms with Crippen molar-refractivity contribution in [3.8, 4) is 0 Å². The minimum atomic E-state index is 0.137. The maximum absolute atomic E-state index is 6.16. The second-order valence-electron chi connectivity index (χ2n) is 6.50. The molecule has 0 bridgehead atoms. The van der Waals surface area contributed by atoms with Gasteiger partial charge in [-0.1, -0.05) is 66.7 Å². The first-order valence-electron chi connectivity index (χ1n) is 7.80. The van der Waals surface area contributed by atoms with Crippen molar-refractivity contribution in [3.05, 3.63) is 0 Å². The molecule has 0 radical (unpaired) electrons. The summed E-state index contributed by atoms with van der Waals surface area (Å²) in [5.74, 6) is 0. The van der Waals surface area contributed by atoms with Gasteiger partial charge in [-0.2, -0.15) is 0 Å². The molecule has 2 heteroatoms. The average Bonchev–Trinajstić information content (AvgIpc) is 2.30. The lowest BCUT2D eigenvalue weighted by molar-refractivity contribution is -0.0355. The first-order chi connectivity index (χ1) is 8.43. The molecule has 0 heterocycles. The number of hydrogen-bond acceptors (Lipinski definition) is 2. The topological polar surface area (TPSA) is 35.2 Å². The van der Waals surface area contributed by atoms with Gasteiger partial charge >= 0.3 is 0 Å². The third-order valence-corrected chi connectivity index (χ3v) is 3.51. The van der Waals surface area contributed by atoms with Crippen LogP contribution >= 0.6 is 0 Å². The molecule has 0 aliphatic heterocycles. The smallest absolute Gasteiger partial charge is 0.0773 e. The third-order valence-electron chi connectivity index (χ3n) is 3.51. The molecule has 18 heavy (non-hydrogen) atoms. The summed E-state index contributed by atoms with van der Waals surface area (Å²) >= 11 is 0. The molecule has 0 spiro atoms. The summed E-state index contributed by atoms with van der Waals surface area (Å²) in [6, 6.07) is 0.157. The summed E-state index contributed by atoms with van der Waals surface area (Å²) < 4.78 is 6.04. The Kier molecular flexibility index (Phi) is 9.76. The molecule has 0 aliphatic rings. The zero-order valence-corrected chi connectivity index (χ0v) is 13.3. The Hall–Kier alpha value is -0.0800. The Labute approximate surface area is 115 Å². The molecule has 2 N–H and O–H groups in total. The zero-order chi connectivity index (χ0) is 14.0. The standard InChI is InChI=1S/C16H35NO/c1-6-8-9-10-11-12-13-18-15(14(17)7-2)16(3,4)5/h14-15H,6-13,17H2,1-5H3. The molecule has 2 atom stereocenters. The Bertz CT molecular complexity index is 186. The minimum absolute atomic E-state index is 0.137. The molecule has 0 saturated heterocycles. The highest BCUT2D eigenvalue weighted by Crippen LogP contribution is 2.25. The lowest BCUT2D eigenvalue weighted by Crippen LogP contribution is -2.45. The molecular weight excluding hydrogens is 222 g/mol. The number of ether oxygens (including phenoxy) is 1. The van der Waals surface area contributed by atoms with E-state index in [1.54, 1.807) is 0 Å². The highest BCUT2D eigenvalue weighted by atomic mass is 16.5. The van der Waals surface area contributed by atoms with Crippen molar-refractivity contribution < 1.29 is 4.74 Å². The van der Waals surface area contributed by atoms with E-state index in [1.807, 2.05) is 0 Å². The molecule has 0 rings (SSSR count). The summed E-state index contributed by atoms with van der Waals surface area (Å²) in [6.45, 7) is 11.9. The first-order valence-corrected chi connectivity index (χ1v) is 7.80. The van der Waals surface area contributed by atoms with E-state index in [4.69, 9.17) is 10.5 Å². The molecule has 0 fully saturated rings. The highest BCUT2D eigenvalue weighted by molar-refractivity contribution is 4.83. The molecular formula is C16H35NO. The van der Waals surface area contributed by atoms with Gasteiger partial charge in [0.1, 0.15) is 0 Å². The van der Waals surface area contributed by atoms with Gasteiger partial charge in [0.25, 0.3) is 0 Å². The summed E-state index contributed by atoms with van der Waals surface area (Å²) in [7, 11) is 0. The van der Waals surface area contributed by atoms with Crippen LogP contribution in [0, 0.1) is 5.41 Å². The number of rotatable bonds is 10. The van der Waals surface area contributed by atoms with E-state index in [0.29, 0.717) is 0 Å². The molecule has 0 saturated carbocycles. The normalized spacial score (nSPS) is 15.7. The van der Waals surface area contributed by atoms with Crippen molar-refractivity contribution >= 4 is 0 Å². The van der Waals surface area contributed by atoms with Crippen molar-refractivity contribution in [1.82, 2.24) is 0 Å². The minimum Gasteiger partial charge on any atom is -0.376 e. The predicted molar refractivity (Wildman–Crippen MR) is 80.8 cm³/mol. The maximum Gasteiger partial charge on any atom is 0.0773 e. The maximum atomic E-state index is 6.16. The van der Waals surface area contributed by atoms with Gasteiger partial charge in [-0.3, -0.25) is 0 Å². The van der Waals surface area contributed by atoms with Crippen molar-refractivity contribution in [1.29, 1.82) is 0 Å². The molecule has 0 aromatic rings. The van der Waals surface area contributed by atoms with E-state index < -0.39 is 0 Å². The van der Waals surface area contributed by atoms with Gasteiger partial charge in [0.2, 0.25) is 0 Å². The lowest BCUT2D eigenvalue weighted by Gasteiger charge is -2.34. The second kappa shape index (κ2) is 9.80. The molecule has 0 aromatic carbocycles. The van der Waals surface area contributed by atoms with Gasteiger partial charge in [0.15, 0.2) is 0 Å². The summed E-state index contributed by atoms with van der Waals surface area (Å²) in [6.07, 6.45) is 9.02. The van der Waals surface area contributed by atoms with Crippen LogP contribution in [0.25, 0.3) is 0 Å². The van der Waals surface area contributed by atoms with E-state index >= 15 is 0 Å². The summed E-state index contributed by atoms with van der Waals surface area (Å²) in [5, 5.41) is 0. The van der Waals surface area contributed by atoms with Crippen LogP contribution in [-0.2, 0) is 4.74 Å². The largest absolute Gasteiger partial charge is 0.376 e. The number of nitrogens with two attached hydrogens (primary N) is 1. The number of hydrogen-bond donors (Lipinski definition) is 1. The van der Waals surface area contributed by atoms with Crippen LogP contribution in [0.1, 0.15) is 79.6 Å². The van der Waals surface area contributed by atoms with Crippen molar-refractivity contribution in [2.24, 2.45) is 11.1 Å². The Morgan fingerprint density at radius 2 is 1.50 bits per heavy atom. The van der Waals surface area contributed by atoms with Crippen molar-refractivity contribution in [3.63, 3.8) is 0 Å². The van der Waals surface area contributed by atoms with Crippen LogP contribution in [0.3, 0.4) is 0 Å². The van der Waals surface area contributed by atoms with E-state index in [1.165, 1.54) is 38.5 Å². The fraction of sp³-hybridized carbons (Fsp3) is 1.00. The molecule has 0 amide bonds. The fourth-order valence-corrected chi connectivity index (χ4v) is 2.32. The van der Waals surface area contributed by atoms with Crippen LogP contribution in [0.2, 0.25) is 0 Å². The Morgan fingerprint density at radius 3 is 2.00 bits per heavy atom. The molecule has 2 unspecified atom stereocenters. The first kappa shape index (κ1) is 17.9. The number of unbranched alkanes of at least 4 members (excludes halogenated alkanes) is 5. The van der Waals surface area contributed by atoms with Crippen LogP contribution in [-0.4, -0.2) is 18.8 Å². The van der Waals surface area contributed by atoms with Crippen LogP contribution < -0.4 is 5.73 Å². The third kappa shape index (κ3) is 8.10. The average molecular weight is 257 g/mol.